The third-order valence-electron chi connectivity index (χ3n) is 5.86. The lowest BCUT2D eigenvalue weighted by Crippen LogP contribution is -2.30. The maximum atomic E-state index is 12.4. The summed E-state index contributed by atoms with van der Waals surface area (Å²) >= 11 is 0. The van der Waals surface area contributed by atoms with Crippen molar-refractivity contribution in [2.45, 2.75) is 0 Å². The van der Waals surface area contributed by atoms with Crippen molar-refractivity contribution < 1.29 is 24.2 Å². The molecular weight excluding hydrogens is 432 g/mol. The minimum Gasteiger partial charge on any atom is -0.478 e. The average molecular weight is 452 g/mol. The lowest BCUT2D eigenvalue weighted by atomic mass is 9.89. The monoisotopic (exact) mass is 452 g/mol. The Labute approximate surface area is 195 Å². The van der Waals surface area contributed by atoms with Crippen LogP contribution in [0.4, 0.5) is 11.4 Å². The number of imide groups is 1. The summed E-state index contributed by atoms with van der Waals surface area (Å²) in [4.78, 5) is 39.5. The molecule has 2 aliphatic rings. The molecule has 2 amide bonds. The smallest absolute Gasteiger partial charge is 0.336 e. The van der Waals surface area contributed by atoms with E-state index in [0.717, 1.165) is 38.7 Å². The van der Waals surface area contributed by atoms with Gasteiger partial charge in [0, 0.05) is 54.4 Å². The first-order chi connectivity index (χ1) is 16.2. The van der Waals surface area contributed by atoms with Gasteiger partial charge in [0.2, 0.25) is 0 Å². The minimum absolute atomic E-state index is 0.0332. The van der Waals surface area contributed by atoms with Crippen molar-refractivity contribution in [2.75, 3.05) is 23.9 Å². The van der Waals surface area contributed by atoms with Gasteiger partial charge < -0.3 is 14.7 Å². The molecule has 0 aliphatic carbocycles. The highest BCUT2D eigenvalue weighted by Crippen LogP contribution is 2.39. The third-order valence-corrected chi connectivity index (χ3v) is 5.86. The molecule has 0 saturated carbocycles. The molecule has 3 aromatic carbocycles. The highest BCUT2D eigenvalue weighted by molar-refractivity contribution is 6.28. The van der Waals surface area contributed by atoms with Gasteiger partial charge in [0.1, 0.15) is 11.5 Å². The number of amides is 2. The summed E-state index contributed by atoms with van der Waals surface area (Å²) in [6.45, 7) is 3.98. The summed E-state index contributed by atoms with van der Waals surface area (Å²) in [7, 11) is 3.85. The van der Waals surface area contributed by atoms with Crippen LogP contribution in [0.5, 0.6) is 11.5 Å². The Morgan fingerprint density at radius 1 is 0.912 bits per heavy atom. The van der Waals surface area contributed by atoms with Crippen LogP contribution in [0.3, 0.4) is 0 Å². The lowest BCUT2D eigenvalue weighted by Gasteiger charge is -2.24. The van der Waals surface area contributed by atoms with E-state index in [1.54, 1.807) is 12.1 Å². The summed E-state index contributed by atoms with van der Waals surface area (Å²) in [5, 5.41) is 11.6. The molecule has 0 spiro atoms. The third kappa shape index (κ3) is 3.34. The molecule has 2 aliphatic heterocycles. The van der Waals surface area contributed by atoms with Crippen molar-refractivity contribution in [1.29, 1.82) is 0 Å². The largest absolute Gasteiger partial charge is 0.478 e. The standard InChI is InChI=1S/C27H20N2O5/c1-15-4-7-19-22(12-15)34-23-14-16(28(2)3)5-9-20(23)26(19)18-8-6-17(13-21(18)27(32)33)29-24(30)10-11-25(29)31/h4-14H,1H2,2-3H3,(H,32,33). The van der Waals surface area contributed by atoms with E-state index in [9.17, 15) is 19.5 Å². The molecule has 0 saturated heterocycles. The Morgan fingerprint density at radius 2 is 1.62 bits per heavy atom. The van der Waals surface area contributed by atoms with Gasteiger partial charge in [-0.3, -0.25) is 9.59 Å². The first kappa shape index (κ1) is 21.2. The number of rotatable bonds is 4. The molecule has 7 heteroatoms. The Kier molecular flexibility index (Phi) is 4.83. The molecular formula is C27H20N2O5. The molecule has 3 aromatic rings. The lowest BCUT2D eigenvalue weighted by molar-refractivity contribution is -0.120. The molecule has 0 radical (unpaired) electrons. The topological polar surface area (TPSA) is 87.2 Å². The van der Waals surface area contributed by atoms with Gasteiger partial charge in [0.15, 0.2) is 0 Å². The van der Waals surface area contributed by atoms with Gasteiger partial charge in [-0.15, -0.1) is 0 Å². The van der Waals surface area contributed by atoms with Gasteiger partial charge in [-0.05, 0) is 41.1 Å². The van der Waals surface area contributed by atoms with Gasteiger partial charge >= 0.3 is 5.97 Å². The molecule has 34 heavy (non-hydrogen) atoms. The average Bonchev–Trinajstić information content (AvgIpc) is 3.14. The van der Waals surface area contributed by atoms with E-state index in [-0.39, 0.29) is 11.3 Å². The number of aromatic carboxylic acids is 1. The maximum Gasteiger partial charge on any atom is 0.336 e. The number of anilines is 2. The summed E-state index contributed by atoms with van der Waals surface area (Å²) in [5.41, 5.74) is 2.96. The second-order valence-corrected chi connectivity index (χ2v) is 8.26. The summed E-state index contributed by atoms with van der Waals surface area (Å²) in [6, 6.07) is 15.8. The van der Waals surface area contributed by atoms with Gasteiger partial charge in [-0.1, -0.05) is 24.8 Å². The zero-order valence-electron chi connectivity index (χ0n) is 18.5. The Hall–Kier alpha value is -4.65. The second kappa shape index (κ2) is 7.74. The van der Waals surface area contributed by atoms with Gasteiger partial charge in [-0.2, -0.15) is 0 Å². The minimum atomic E-state index is -1.18. The van der Waals surface area contributed by atoms with Crippen molar-refractivity contribution in [3.05, 3.63) is 93.9 Å². The molecule has 168 valence electrons. The van der Waals surface area contributed by atoms with Crippen LogP contribution in [0.1, 0.15) is 21.5 Å². The van der Waals surface area contributed by atoms with Gasteiger partial charge in [0.25, 0.3) is 11.8 Å². The van der Waals surface area contributed by atoms with E-state index in [4.69, 9.17) is 4.74 Å². The summed E-state index contributed by atoms with van der Waals surface area (Å²) in [5.74, 6) is -1.04. The molecule has 5 rings (SSSR count). The van der Waals surface area contributed by atoms with E-state index in [2.05, 4.69) is 6.58 Å². The quantitative estimate of drug-likeness (QED) is 0.479. The fourth-order valence-electron chi connectivity index (χ4n) is 4.21. The van der Waals surface area contributed by atoms with E-state index < -0.39 is 17.8 Å². The van der Waals surface area contributed by atoms with Crippen LogP contribution in [-0.2, 0) is 9.59 Å². The van der Waals surface area contributed by atoms with Crippen LogP contribution in [-0.4, -0.2) is 37.0 Å². The van der Waals surface area contributed by atoms with E-state index in [0.29, 0.717) is 22.6 Å². The number of carbonyl (C=O) groups is 3. The van der Waals surface area contributed by atoms with Crippen LogP contribution in [0.25, 0.3) is 12.2 Å². The highest BCUT2D eigenvalue weighted by atomic mass is 16.5. The summed E-state index contributed by atoms with van der Waals surface area (Å²) in [6.07, 6.45) is 2.32. The van der Waals surface area contributed by atoms with E-state index in [1.807, 2.05) is 55.4 Å². The van der Waals surface area contributed by atoms with Crippen molar-refractivity contribution in [3.63, 3.8) is 0 Å². The van der Waals surface area contributed by atoms with Crippen LogP contribution in [0.15, 0.2) is 66.7 Å². The maximum absolute atomic E-state index is 12.4. The number of benzene rings is 3. The van der Waals surface area contributed by atoms with Crippen LogP contribution < -0.4 is 25.0 Å². The zero-order chi connectivity index (χ0) is 24.1. The molecule has 0 atom stereocenters. The van der Waals surface area contributed by atoms with E-state index >= 15 is 0 Å². The number of hydrogen-bond acceptors (Lipinski definition) is 5. The molecule has 0 fully saturated rings. The van der Waals surface area contributed by atoms with Crippen molar-refractivity contribution in [1.82, 2.24) is 0 Å². The van der Waals surface area contributed by atoms with Gasteiger partial charge in [-0.25, -0.2) is 9.69 Å². The first-order valence-corrected chi connectivity index (χ1v) is 10.5. The number of nitrogens with zero attached hydrogens (tertiary/aromatic N) is 2. The van der Waals surface area contributed by atoms with E-state index in [1.165, 1.54) is 6.07 Å². The number of hydrogen-bond donors (Lipinski definition) is 1. The SMILES string of the molecule is C=c1ccc2c(c1)Oc1cc(N(C)C)ccc1C=2c1ccc(N2C(=O)C=CC2=O)cc1C(=O)O. The molecule has 2 heterocycles. The van der Waals surface area contributed by atoms with Gasteiger partial charge in [0.05, 0.1) is 11.3 Å². The number of carboxylic acids is 1. The van der Waals surface area contributed by atoms with Crippen LogP contribution in [0.2, 0.25) is 0 Å². The Morgan fingerprint density at radius 3 is 2.29 bits per heavy atom. The van der Waals surface area contributed by atoms with Crippen molar-refractivity contribution in [3.8, 4) is 11.5 Å². The predicted octanol–water partition coefficient (Wildman–Crippen LogP) is 2.64. The molecule has 0 aromatic heterocycles. The Balaban J connectivity index is 1.79. The molecule has 7 nitrogen and oxygen atoms in total. The number of fused-ring (bicyclic) bond motifs is 2. The predicted molar refractivity (Wildman–Crippen MR) is 129 cm³/mol. The van der Waals surface area contributed by atoms with Crippen molar-refractivity contribution >= 4 is 41.3 Å². The fraction of sp³-hybridized carbons (Fsp3) is 0.0741. The number of carbonyl (C=O) groups excluding carboxylic acids is 2. The highest BCUT2D eigenvalue weighted by Gasteiger charge is 2.29. The summed E-state index contributed by atoms with van der Waals surface area (Å²) < 4.78 is 6.19. The molecule has 0 unspecified atom stereocenters. The Bertz CT molecular complexity index is 1530. The molecule has 1 N–H and O–H groups in total. The number of carboxylic acid groups (broad SMARTS) is 1. The van der Waals surface area contributed by atoms with Crippen LogP contribution >= 0.6 is 0 Å². The zero-order valence-corrected chi connectivity index (χ0v) is 18.5. The van der Waals surface area contributed by atoms with Crippen LogP contribution in [0, 0.1) is 0 Å². The van der Waals surface area contributed by atoms with Crippen molar-refractivity contribution in [2.24, 2.45) is 0 Å². The normalized spacial score (nSPS) is 14.1. The second-order valence-electron chi connectivity index (χ2n) is 8.26. The fourth-order valence-corrected chi connectivity index (χ4v) is 4.21. The number of ether oxygens (including phenoxy) is 1. The molecule has 0 bridgehead atoms. The first-order valence-electron chi connectivity index (χ1n) is 10.5.